The fourth-order valence-corrected chi connectivity index (χ4v) is 2.19. The first-order chi connectivity index (χ1) is 10.5. The van der Waals surface area contributed by atoms with Crippen LogP contribution in [0.15, 0.2) is 5.16 Å². The van der Waals surface area contributed by atoms with E-state index in [-0.39, 0.29) is 18.1 Å². The summed E-state index contributed by atoms with van der Waals surface area (Å²) in [6.45, 7) is 4.22. The van der Waals surface area contributed by atoms with E-state index < -0.39 is 11.9 Å². The molecule has 0 saturated heterocycles. The summed E-state index contributed by atoms with van der Waals surface area (Å²) in [4.78, 5) is 34.1. The third-order valence-corrected chi connectivity index (χ3v) is 3.48. The standard InChI is InChI=1S/C12H19N5O4S/c1-4-13-11(20)14-9(18)7-22-12-16-15-8(17(12)3)6-10(19)21-5-2/h4-7H2,1-3H3,(H2,13,14,18,20). The number of ether oxygens (including phenoxy) is 1. The van der Waals surface area contributed by atoms with Crippen molar-refractivity contribution in [1.29, 1.82) is 0 Å². The van der Waals surface area contributed by atoms with Crippen molar-refractivity contribution in [2.75, 3.05) is 18.9 Å². The van der Waals surface area contributed by atoms with E-state index in [1.807, 2.05) is 0 Å². The van der Waals surface area contributed by atoms with Crippen LogP contribution in [0.1, 0.15) is 19.7 Å². The number of rotatable bonds is 7. The van der Waals surface area contributed by atoms with E-state index in [2.05, 4.69) is 20.8 Å². The second-order valence-electron chi connectivity index (χ2n) is 4.14. The van der Waals surface area contributed by atoms with Gasteiger partial charge >= 0.3 is 12.0 Å². The number of carbonyl (C=O) groups is 3. The van der Waals surface area contributed by atoms with Crippen molar-refractivity contribution in [3.8, 4) is 0 Å². The Morgan fingerprint density at radius 3 is 2.64 bits per heavy atom. The number of aromatic nitrogens is 3. The van der Waals surface area contributed by atoms with E-state index in [1.165, 1.54) is 0 Å². The molecule has 0 fully saturated rings. The molecule has 0 aliphatic rings. The normalized spacial score (nSPS) is 10.1. The van der Waals surface area contributed by atoms with Crippen molar-refractivity contribution in [1.82, 2.24) is 25.4 Å². The molecule has 10 heteroatoms. The Hall–Kier alpha value is -2.10. The molecule has 122 valence electrons. The van der Waals surface area contributed by atoms with Gasteiger partial charge in [0.05, 0.1) is 12.4 Å². The predicted octanol–water partition coefficient (Wildman–Crippen LogP) is -0.141. The zero-order valence-corrected chi connectivity index (χ0v) is 13.5. The third-order valence-electron chi connectivity index (χ3n) is 2.46. The molecule has 0 atom stereocenters. The smallest absolute Gasteiger partial charge is 0.321 e. The first-order valence-electron chi connectivity index (χ1n) is 6.72. The van der Waals surface area contributed by atoms with Crippen molar-refractivity contribution >= 4 is 29.7 Å². The van der Waals surface area contributed by atoms with E-state index in [4.69, 9.17) is 4.74 Å². The lowest BCUT2D eigenvalue weighted by Gasteiger charge is -2.05. The first-order valence-corrected chi connectivity index (χ1v) is 7.70. The Morgan fingerprint density at radius 2 is 2.00 bits per heavy atom. The lowest BCUT2D eigenvalue weighted by Crippen LogP contribution is -2.40. The largest absolute Gasteiger partial charge is 0.466 e. The maximum atomic E-state index is 11.6. The van der Waals surface area contributed by atoms with Crippen LogP contribution in [-0.4, -0.2) is 51.6 Å². The highest BCUT2D eigenvalue weighted by molar-refractivity contribution is 7.99. The number of hydrogen-bond donors (Lipinski definition) is 2. The van der Waals surface area contributed by atoms with Crippen LogP contribution in [0.2, 0.25) is 0 Å². The predicted molar refractivity (Wildman–Crippen MR) is 79.3 cm³/mol. The van der Waals surface area contributed by atoms with Gasteiger partial charge in [-0.1, -0.05) is 11.8 Å². The summed E-state index contributed by atoms with van der Waals surface area (Å²) in [7, 11) is 1.69. The molecule has 0 unspecified atom stereocenters. The Bertz CT molecular complexity index is 546. The van der Waals surface area contributed by atoms with Gasteiger partial charge in [0.1, 0.15) is 12.2 Å². The summed E-state index contributed by atoms with van der Waals surface area (Å²) < 4.78 is 6.45. The van der Waals surface area contributed by atoms with Gasteiger partial charge in [0.2, 0.25) is 5.91 Å². The van der Waals surface area contributed by atoms with E-state index in [0.717, 1.165) is 11.8 Å². The fourth-order valence-electron chi connectivity index (χ4n) is 1.46. The van der Waals surface area contributed by atoms with Gasteiger partial charge in [-0.3, -0.25) is 14.9 Å². The number of nitrogens with zero attached hydrogens (tertiary/aromatic N) is 3. The Balaban J connectivity index is 2.50. The molecule has 0 spiro atoms. The van der Waals surface area contributed by atoms with Gasteiger partial charge in [-0.15, -0.1) is 10.2 Å². The highest BCUT2D eigenvalue weighted by atomic mass is 32.2. The van der Waals surface area contributed by atoms with Crippen LogP contribution in [0.25, 0.3) is 0 Å². The molecule has 0 aliphatic heterocycles. The second-order valence-corrected chi connectivity index (χ2v) is 5.08. The number of thioether (sulfide) groups is 1. The van der Waals surface area contributed by atoms with Crippen LogP contribution in [0.4, 0.5) is 4.79 Å². The fraction of sp³-hybridized carbons (Fsp3) is 0.583. The molecule has 1 heterocycles. The zero-order valence-electron chi connectivity index (χ0n) is 12.7. The number of imide groups is 1. The molecule has 1 aromatic heterocycles. The van der Waals surface area contributed by atoms with E-state index >= 15 is 0 Å². The molecule has 22 heavy (non-hydrogen) atoms. The summed E-state index contributed by atoms with van der Waals surface area (Å²) in [6, 6.07) is -0.533. The van der Waals surface area contributed by atoms with Gasteiger partial charge in [0.25, 0.3) is 0 Å². The van der Waals surface area contributed by atoms with Gasteiger partial charge in [-0.25, -0.2) is 4.79 Å². The monoisotopic (exact) mass is 329 g/mol. The van der Waals surface area contributed by atoms with E-state index in [1.54, 1.807) is 25.5 Å². The minimum Gasteiger partial charge on any atom is -0.466 e. The molecular formula is C12H19N5O4S. The van der Waals surface area contributed by atoms with Gasteiger partial charge in [0, 0.05) is 13.6 Å². The average molecular weight is 329 g/mol. The number of urea groups is 1. The summed E-state index contributed by atoms with van der Waals surface area (Å²) in [6.07, 6.45) is 0.0169. The topological polar surface area (TPSA) is 115 Å². The second kappa shape index (κ2) is 9.03. The van der Waals surface area contributed by atoms with E-state index in [9.17, 15) is 14.4 Å². The molecule has 0 bridgehead atoms. The van der Waals surface area contributed by atoms with Crippen molar-refractivity contribution in [3.05, 3.63) is 5.82 Å². The quantitative estimate of drug-likeness (QED) is 0.528. The Morgan fingerprint density at radius 1 is 1.27 bits per heavy atom. The van der Waals surface area contributed by atoms with Crippen molar-refractivity contribution in [2.45, 2.75) is 25.4 Å². The first kappa shape index (κ1) is 18.0. The van der Waals surface area contributed by atoms with Crippen molar-refractivity contribution in [3.63, 3.8) is 0 Å². The number of esters is 1. The van der Waals surface area contributed by atoms with Gasteiger partial charge in [0.15, 0.2) is 5.16 Å². The van der Waals surface area contributed by atoms with Crippen LogP contribution >= 0.6 is 11.8 Å². The summed E-state index contributed by atoms with van der Waals surface area (Å²) in [5, 5.41) is 12.9. The zero-order chi connectivity index (χ0) is 16.5. The summed E-state index contributed by atoms with van der Waals surface area (Å²) in [5.41, 5.74) is 0. The summed E-state index contributed by atoms with van der Waals surface area (Å²) >= 11 is 1.12. The number of amides is 3. The molecule has 9 nitrogen and oxygen atoms in total. The van der Waals surface area contributed by atoms with Crippen molar-refractivity contribution in [2.24, 2.45) is 7.05 Å². The molecule has 0 saturated carbocycles. The van der Waals surface area contributed by atoms with Gasteiger partial charge < -0.3 is 14.6 Å². The molecule has 1 rings (SSSR count). The van der Waals surface area contributed by atoms with Crippen LogP contribution < -0.4 is 10.6 Å². The lowest BCUT2D eigenvalue weighted by molar-refractivity contribution is -0.142. The number of nitrogens with one attached hydrogen (secondary N) is 2. The van der Waals surface area contributed by atoms with Crippen LogP contribution in [-0.2, 0) is 27.8 Å². The molecule has 0 aromatic carbocycles. The number of hydrogen-bond acceptors (Lipinski definition) is 7. The van der Waals surface area contributed by atoms with Crippen LogP contribution in [0.3, 0.4) is 0 Å². The van der Waals surface area contributed by atoms with Crippen molar-refractivity contribution < 1.29 is 19.1 Å². The van der Waals surface area contributed by atoms with Crippen LogP contribution in [0, 0.1) is 0 Å². The number of carbonyl (C=O) groups excluding carboxylic acids is 3. The maximum absolute atomic E-state index is 11.6. The maximum Gasteiger partial charge on any atom is 0.321 e. The SMILES string of the molecule is CCNC(=O)NC(=O)CSc1nnc(CC(=O)OCC)n1C. The van der Waals surface area contributed by atoms with Gasteiger partial charge in [-0.05, 0) is 13.8 Å². The highest BCUT2D eigenvalue weighted by Crippen LogP contribution is 2.15. The minimum atomic E-state index is -0.533. The lowest BCUT2D eigenvalue weighted by atomic mass is 10.4. The van der Waals surface area contributed by atoms with Crippen LogP contribution in [0.5, 0.6) is 0 Å². The molecule has 3 amide bonds. The molecule has 0 aliphatic carbocycles. The van der Waals surface area contributed by atoms with E-state index in [0.29, 0.717) is 24.1 Å². The Labute approximate surface area is 132 Å². The minimum absolute atomic E-state index is 0.0164. The highest BCUT2D eigenvalue weighted by Gasteiger charge is 2.15. The molecule has 1 aromatic rings. The summed E-state index contributed by atoms with van der Waals surface area (Å²) in [5.74, 6) is -0.359. The molecular weight excluding hydrogens is 310 g/mol. The Kier molecular flexibility index (Phi) is 7.37. The van der Waals surface area contributed by atoms with Gasteiger partial charge in [-0.2, -0.15) is 0 Å². The average Bonchev–Trinajstić information content (AvgIpc) is 2.78. The molecule has 2 N–H and O–H groups in total. The molecule has 0 radical (unpaired) electrons. The third kappa shape index (κ3) is 5.72.